The van der Waals surface area contributed by atoms with Gasteiger partial charge in [0, 0.05) is 16.3 Å². The van der Waals surface area contributed by atoms with Crippen LogP contribution < -0.4 is 10.6 Å². The predicted octanol–water partition coefficient (Wildman–Crippen LogP) is 4.68. The zero-order chi connectivity index (χ0) is 20.6. The van der Waals surface area contributed by atoms with Gasteiger partial charge in [0.15, 0.2) is 0 Å². The van der Waals surface area contributed by atoms with Crippen molar-refractivity contribution in [1.29, 1.82) is 5.26 Å². The number of carbonyl (C=O) groups is 2. The van der Waals surface area contributed by atoms with Gasteiger partial charge in [0.25, 0.3) is 5.91 Å². The maximum absolute atomic E-state index is 13.0. The minimum atomic E-state index is -0.384. The number of anilines is 2. The molecule has 144 valence electrons. The smallest absolute Gasteiger partial charge is 0.256 e. The molecule has 0 aliphatic carbocycles. The van der Waals surface area contributed by atoms with Gasteiger partial charge in [0.05, 0.1) is 22.9 Å². The Hall–Kier alpha value is -3.63. The lowest BCUT2D eigenvalue weighted by molar-refractivity contribution is -0.113. The van der Waals surface area contributed by atoms with Gasteiger partial charge in [-0.15, -0.1) is 11.8 Å². The van der Waals surface area contributed by atoms with Crippen molar-refractivity contribution in [2.45, 2.75) is 4.90 Å². The molecule has 0 bridgehead atoms. The lowest BCUT2D eigenvalue weighted by Gasteiger charge is -2.10. The lowest BCUT2D eigenvalue weighted by Crippen LogP contribution is -2.16. The molecule has 29 heavy (non-hydrogen) atoms. The summed E-state index contributed by atoms with van der Waals surface area (Å²) in [5, 5.41) is 14.4. The highest BCUT2D eigenvalue weighted by molar-refractivity contribution is 8.00. The van der Waals surface area contributed by atoms with E-state index in [0.29, 0.717) is 27.4 Å². The van der Waals surface area contributed by atoms with E-state index in [9.17, 15) is 14.0 Å². The zero-order valence-corrected chi connectivity index (χ0v) is 16.0. The third kappa shape index (κ3) is 5.67. The summed E-state index contributed by atoms with van der Waals surface area (Å²) in [5.41, 5.74) is 1.89. The molecule has 0 spiro atoms. The quantitative estimate of drug-likeness (QED) is 0.584. The summed E-state index contributed by atoms with van der Waals surface area (Å²) in [6.07, 6.45) is 0. The SMILES string of the molecule is N#Cc1cccc(NC(=O)CSc2ccccc2C(=O)Nc2ccc(F)cc2)c1. The first kappa shape index (κ1) is 20.1. The number of amides is 2. The van der Waals surface area contributed by atoms with Crippen LogP contribution in [-0.2, 0) is 4.79 Å². The molecule has 0 unspecified atom stereocenters. The van der Waals surface area contributed by atoms with Crippen LogP contribution in [0.4, 0.5) is 15.8 Å². The van der Waals surface area contributed by atoms with Crippen LogP contribution in [0.3, 0.4) is 0 Å². The summed E-state index contributed by atoms with van der Waals surface area (Å²) in [5.74, 6) is -0.886. The topological polar surface area (TPSA) is 82.0 Å². The first-order chi connectivity index (χ1) is 14.0. The normalized spacial score (nSPS) is 10.1. The second-order valence-corrected chi connectivity index (χ2v) is 7.00. The van der Waals surface area contributed by atoms with Crippen LogP contribution in [0.1, 0.15) is 15.9 Å². The van der Waals surface area contributed by atoms with Gasteiger partial charge in [0.2, 0.25) is 5.91 Å². The molecule has 0 aliphatic heterocycles. The molecule has 0 atom stereocenters. The summed E-state index contributed by atoms with van der Waals surface area (Å²) < 4.78 is 13.0. The van der Waals surface area contributed by atoms with E-state index in [1.807, 2.05) is 6.07 Å². The fourth-order valence-electron chi connectivity index (χ4n) is 2.52. The van der Waals surface area contributed by atoms with E-state index in [0.717, 1.165) is 0 Å². The maximum atomic E-state index is 13.0. The molecule has 0 aromatic heterocycles. The van der Waals surface area contributed by atoms with E-state index < -0.39 is 0 Å². The Morgan fingerprint density at radius 1 is 0.931 bits per heavy atom. The first-order valence-electron chi connectivity index (χ1n) is 8.64. The largest absolute Gasteiger partial charge is 0.325 e. The number of thioether (sulfide) groups is 1. The Morgan fingerprint density at radius 2 is 1.69 bits per heavy atom. The molecular weight excluding hydrogens is 389 g/mol. The van der Waals surface area contributed by atoms with Gasteiger partial charge < -0.3 is 10.6 Å². The van der Waals surface area contributed by atoms with E-state index in [1.54, 1.807) is 48.5 Å². The molecule has 5 nitrogen and oxygen atoms in total. The van der Waals surface area contributed by atoms with Gasteiger partial charge in [-0.3, -0.25) is 9.59 Å². The molecule has 0 aliphatic rings. The third-order valence-corrected chi connectivity index (χ3v) is 4.94. The van der Waals surface area contributed by atoms with Crippen molar-refractivity contribution in [3.63, 3.8) is 0 Å². The summed E-state index contributed by atoms with van der Waals surface area (Å²) in [6.45, 7) is 0. The number of hydrogen-bond acceptors (Lipinski definition) is 4. The number of halogens is 1. The summed E-state index contributed by atoms with van der Waals surface area (Å²) in [4.78, 5) is 25.5. The second-order valence-electron chi connectivity index (χ2n) is 5.99. The Kier molecular flexibility index (Phi) is 6.61. The van der Waals surface area contributed by atoms with Crippen molar-refractivity contribution in [2.24, 2.45) is 0 Å². The number of carbonyl (C=O) groups excluding carboxylic acids is 2. The fraction of sp³-hybridized carbons (Fsp3) is 0.0455. The number of nitrogens with one attached hydrogen (secondary N) is 2. The van der Waals surface area contributed by atoms with Crippen LogP contribution in [0.2, 0.25) is 0 Å². The monoisotopic (exact) mass is 405 g/mol. The van der Waals surface area contributed by atoms with Gasteiger partial charge in [-0.2, -0.15) is 5.26 Å². The van der Waals surface area contributed by atoms with Gasteiger partial charge in [0.1, 0.15) is 5.82 Å². The average Bonchev–Trinajstić information content (AvgIpc) is 2.74. The Labute approximate surface area is 171 Å². The van der Waals surface area contributed by atoms with Crippen LogP contribution in [0.25, 0.3) is 0 Å². The molecule has 0 heterocycles. The lowest BCUT2D eigenvalue weighted by atomic mass is 10.2. The van der Waals surface area contributed by atoms with Crippen molar-refractivity contribution in [1.82, 2.24) is 0 Å². The molecule has 3 aromatic carbocycles. The van der Waals surface area contributed by atoms with E-state index >= 15 is 0 Å². The van der Waals surface area contributed by atoms with Gasteiger partial charge in [-0.1, -0.05) is 18.2 Å². The molecule has 0 saturated carbocycles. The van der Waals surface area contributed by atoms with Gasteiger partial charge in [-0.25, -0.2) is 4.39 Å². The fourth-order valence-corrected chi connectivity index (χ4v) is 3.37. The van der Waals surface area contributed by atoms with Crippen molar-refractivity contribution in [3.8, 4) is 6.07 Å². The Bertz CT molecular complexity index is 1080. The molecule has 0 radical (unpaired) electrons. The van der Waals surface area contributed by atoms with Crippen LogP contribution >= 0.6 is 11.8 Å². The van der Waals surface area contributed by atoms with E-state index in [1.165, 1.54) is 36.0 Å². The summed E-state index contributed by atoms with van der Waals surface area (Å²) >= 11 is 1.23. The highest BCUT2D eigenvalue weighted by Gasteiger charge is 2.13. The molecule has 2 N–H and O–H groups in total. The Morgan fingerprint density at radius 3 is 2.45 bits per heavy atom. The van der Waals surface area contributed by atoms with Gasteiger partial charge in [-0.05, 0) is 54.6 Å². The number of nitriles is 1. The van der Waals surface area contributed by atoms with Crippen molar-refractivity contribution in [3.05, 3.63) is 89.7 Å². The zero-order valence-electron chi connectivity index (χ0n) is 15.2. The van der Waals surface area contributed by atoms with Crippen LogP contribution in [-0.4, -0.2) is 17.6 Å². The van der Waals surface area contributed by atoms with E-state index in [4.69, 9.17) is 5.26 Å². The molecule has 3 aromatic rings. The molecule has 2 amide bonds. The molecular formula is C22H16FN3O2S. The van der Waals surface area contributed by atoms with Crippen molar-refractivity contribution >= 4 is 35.0 Å². The standard InChI is InChI=1S/C22H16FN3O2S/c23-16-8-10-17(11-9-16)26-22(28)19-6-1-2-7-20(19)29-14-21(27)25-18-5-3-4-15(12-18)13-24/h1-12H,14H2,(H,25,27)(H,26,28). The second kappa shape index (κ2) is 9.53. The van der Waals surface area contributed by atoms with Crippen LogP contribution in [0, 0.1) is 17.1 Å². The summed E-state index contributed by atoms with van der Waals surface area (Å²) in [7, 11) is 0. The molecule has 0 saturated heterocycles. The minimum absolute atomic E-state index is 0.0949. The molecule has 3 rings (SSSR count). The van der Waals surface area contributed by atoms with E-state index in [-0.39, 0.29) is 23.4 Å². The van der Waals surface area contributed by atoms with Crippen LogP contribution in [0.5, 0.6) is 0 Å². The average molecular weight is 405 g/mol. The van der Waals surface area contributed by atoms with Crippen molar-refractivity contribution in [2.75, 3.05) is 16.4 Å². The number of nitrogens with zero attached hydrogens (tertiary/aromatic N) is 1. The molecule has 7 heteroatoms. The van der Waals surface area contributed by atoms with E-state index in [2.05, 4.69) is 10.6 Å². The number of rotatable bonds is 6. The van der Waals surface area contributed by atoms with Crippen molar-refractivity contribution < 1.29 is 14.0 Å². The predicted molar refractivity (Wildman–Crippen MR) is 111 cm³/mol. The summed E-state index contributed by atoms with van der Waals surface area (Å²) in [6, 6.07) is 21.1. The molecule has 0 fully saturated rings. The van der Waals surface area contributed by atoms with Crippen LogP contribution in [0.15, 0.2) is 77.7 Å². The van der Waals surface area contributed by atoms with Gasteiger partial charge >= 0.3 is 0 Å². The number of hydrogen-bond donors (Lipinski definition) is 2. The Balaban J connectivity index is 1.64. The highest BCUT2D eigenvalue weighted by atomic mass is 32.2. The highest BCUT2D eigenvalue weighted by Crippen LogP contribution is 2.24. The third-order valence-electron chi connectivity index (χ3n) is 3.87. The number of benzene rings is 3. The minimum Gasteiger partial charge on any atom is -0.325 e. The maximum Gasteiger partial charge on any atom is 0.256 e. The first-order valence-corrected chi connectivity index (χ1v) is 9.62.